The Kier molecular flexibility index (Phi) is 3.34. The minimum atomic E-state index is -0.839. The van der Waals surface area contributed by atoms with Crippen LogP contribution in [-0.2, 0) is 7.05 Å². The van der Waals surface area contributed by atoms with Crippen LogP contribution in [0.3, 0.4) is 0 Å². The summed E-state index contributed by atoms with van der Waals surface area (Å²) < 4.78 is 21.3. The summed E-state index contributed by atoms with van der Waals surface area (Å²) in [5.74, 6) is -0.102. The molecule has 0 aliphatic rings. The second kappa shape index (κ2) is 5.32. The van der Waals surface area contributed by atoms with Crippen LogP contribution in [-0.4, -0.2) is 20.6 Å². The number of nitrogens with one attached hydrogen (secondary N) is 1. The van der Waals surface area contributed by atoms with Crippen molar-refractivity contribution in [3.05, 3.63) is 42.6 Å². The van der Waals surface area contributed by atoms with Crippen LogP contribution in [0.5, 0.6) is 11.6 Å². The molecule has 2 aromatic heterocycles. The van der Waals surface area contributed by atoms with E-state index in [1.807, 2.05) is 23.9 Å². The van der Waals surface area contributed by atoms with Crippen LogP contribution in [0, 0.1) is 5.82 Å². The Morgan fingerprint density at radius 3 is 2.91 bits per heavy atom. The fourth-order valence-electron chi connectivity index (χ4n) is 2.07. The molecule has 7 nitrogen and oxygen atoms in total. The number of carbonyl (C=O) groups excluding carboxylic acids is 1. The number of nitrogens with two attached hydrogens (primary N) is 1. The number of nitrogens with zero attached hydrogens (tertiary/aromatic N) is 3. The van der Waals surface area contributed by atoms with Crippen molar-refractivity contribution in [1.82, 2.24) is 14.5 Å². The second-order valence-electron chi connectivity index (χ2n) is 4.57. The highest BCUT2D eigenvalue weighted by molar-refractivity contribution is 5.88. The van der Waals surface area contributed by atoms with Gasteiger partial charge in [0.05, 0.1) is 11.2 Å². The minimum absolute atomic E-state index is 0.0217. The third-order valence-corrected chi connectivity index (χ3v) is 3.04. The fourth-order valence-corrected chi connectivity index (χ4v) is 2.07. The normalized spacial score (nSPS) is 10.6. The Bertz CT molecular complexity index is 862. The molecule has 0 atom stereocenters. The summed E-state index contributed by atoms with van der Waals surface area (Å²) >= 11 is 0. The molecular formula is C14H12FN5O2. The number of aromatic nitrogens is 3. The predicted octanol–water partition coefficient (Wildman–Crippen LogP) is 2.39. The Balaban J connectivity index is 1.94. The van der Waals surface area contributed by atoms with E-state index in [4.69, 9.17) is 10.5 Å². The number of hydrogen-bond donors (Lipinski definition) is 2. The molecule has 3 rings (SSSR count). The zero-order valence-electron chi connectivity index (χ0n) is 11.6. The number of aryl methyl sites for hydroxylation is 1. The van der Waals surface area contributed by atoms with Gasteiger partial charge in [0.2, 0.25) is 5.88 Å². The Hall–Kier alpha value is -3.16. The molecule has 3 N–H and O–H groups in total. The van der Waals surface area contributed by atoms with Crippen molar-refractivity contribution in [2.45, 2.75) is 0 Å². The maximum absolute atomic E-state index is 13.9. The lowest BCUT2D eigenvalue weighted by Crippen LogP contribution is -2.19. The highest BCUT2D eigenvalue weighted by atomic mass is 19.1. The third-order valence-electron chi connectivity index (χ3n) is 3.04. The molecule has 0 bridgehead atoms. The second-order valence-corrected chi connectivity index (χ2v) is 4.57. The molecule has 3 aromatic rings. The van der Waals surface area contributed by atoms with Gasteiger partial charge in [-0.15, -0.1) is 0 Å². The first-order chi connectivity index (χ1) is 10.5. The number of anilines is 1. The zero-order chi connectivity index (χ0) is 15.7. The van der Waals surface area contributed by atoms with Crippen molar-refractivity contribution < 1.29 is 13.9 Å². The minimum Gasteiger partial charge on any atom is -0.437 e. The number of ether oxygens (including phenoxy) is 1. The SMILES string of the molecule is Cn1ccc2ncnc(Oc3ccc(NC(N)=O)c(F)c3)c21. The number of amides is 2. The van der Waals surface area contributed by atoms with E-state index < -0.39 is 11.8 Å². The lowest BCUT2D eigenvalue weighted by molar-refractivity contribution is 0.259. The molecule has 112 valence electrons. The van der Waals surface area contributed by atoms with Crippen LogP contribution in [0.2, 0.25) is 0 Å². The molecule has 0 unspecified atom stereocenters. The van der Waals surface area contributed by atoms with Gasteiger partial charge in [0.1, 0.15) is 23.4 Å². The van der Waals surface area contributed by atoms with E-state index in [9.17, 15) is 9.18 Å². The highest BCUT2D eigenvalue weighted by Crippen LogP contribution is 2.28. The molecule has 1 aromatic carbocycles. The molecule has 22 heavy (non-hydrogen) atoms. The number of benzene rings is 1. The average Bonchev–Trinajstić information content (AvgIpc) is 2.84. The Morgan fingerprint density at radius 1 is 1.36 bits per heavy atom. The first kappa shape index (κ1) is 13.8. The summed E-state index contributed by atoms with van der Waals surface area (Å²) in [7, 11) is 1.83. The van der Waals surface area contributed by atoms with Gasteiger partial charge in [-0.05, 0) is 18.2 Å². The maximum atomic E-state index is 13.9. The molecule has 0 aliphatic heterocycles. The largest absolute Gasteiger partial charge is 0.437 e. The molecule has 0 aliphatic carbocycles. The van der Waals surface area contributed by atoms with E-state index in [0.717, 1.165) is 11.6 Å². The molecule has 2 amide bonds. The van der Waals surface area contributed by atoms with E-state index in [2.05, 4.69) is 15.3 Å². The molecule has 2 heterocycles. The fraction of sp³-hybridized carbons (Fsp3) is 0.0714. The lowest BCUT2D eigenvalue weighted by atomic mass is 10.3. The summed E-state index contributed by atoms with van der Waals surface area (Å²) in [6, 6.07) is 4.99. The van der Waals surface area contributed by atoms with E-state index in [1.165, 1.54) is 18.5 Å². The summed E-state index contributed by atoms with van der Waals surface area (Å²) in [4.78, 5) is 18.9. The molecule has 0 spiro atoms. The van der Waals surface area contributed by atoms with Gasteiger partial charge < -0.3 is 20.4 Å². The van der Waals surface area contributed by atoms with Crippen molar-refractivity contribution >= 4 is 22.8 Å². The van der Waals surface area contributed by atoms with Gasteiger partial charge >= 0.3 is 6.03 Å². The van der Waals surface area contributed by atoms with E-state index in [-0.39, 0.29) is 11.4 Å². The van der Waals surface area contributed by atoms with Gasteiger partial charge in [0.25, 0.3) is 0 Å². The summed E-state index contributed by atoms with van der Waals surface area (Å²) in [5, 5.41) is 2.18. The summed E-state index contributed by atoms with van der Waals surface area (Å²) in [5.41, 5.74) is 6.35. The van der Waals surface area contributed by atoms with E-state index >= 15 is 0 Å². The van der Waals surface area contributed by atoms with Crippen LogP contribution in [0.15, 0.2) is 36.8 Å². The van der Waals surface area contributed by atoms with Crippen molar-refractivity contribution in [3.63, 3.8) is 0 Å². The Labute approximate surface area is 124 Å². The van der Waals surface area contributed by atoms with Gasteiger partial charge in [-0.25, -0.2) is 14.2 Å². The maximum Gasteiger partial charge on any atom is 0.316 e. The number of hydrogen-bond acceptors (Lipinski definition) is 4. The van der Waals surface area contributed by atoms with E-state index in [1.54, 1.807) is 0 Å². The van der Waals surface area contributed by atoms with Crippen LogP contribution in [0.25, 0.3) is 11.0 Å². The van der Waals surface area contributed by atoms with Gasteiger partial charge in [-0.3, -0.25) is 0 Å². The Morgan fingerprint density at radius 2 is 2.18 bits per heavy atom. The van der Waals surface area contributed by atoms with Crippen molar-refractivity contribution in [2.75, 3.05) is 5.32 Å². The number of carbonyl (C=O) groups is 1. The molecule has 0 fully saturated rings. The summed E-state index contributed by atoms with van der Waals surface area (Å²) in [6.45, 7) is 0. The first-order valence-corrected chi connectivity index (χ1v) is 6.34. The highest BCUT2D eigenvalue weighted by Gasteiger charge is 2.11. The van der Waals surface area contributed by atoms with Gasteiger partial charge in [0.15, 0.2) is 0 Å². The molecular weight excluding hydrogens is 289 g/mol. The number of halogens is 1. The monoisotopic (exact) mass is 301 g/mol. The smallest absolute Gasteiger partial charge is 0.316 e. The molecule has 0 saturated carbocycles. The van der Waals surface area contributed by atoms with E-state index in [0.29, 0.717) is 11.4 Å². The third kappa shape index (κ3) is 2.53. The first-order valence-electron chi connectivity index (χ1n) is 6.34. The summed E-state index contributed by atoms with van der Waals surface area (Å²) in [6.07, 6.45) is 3.20. The van der Waals surface area contributed by atoms with Crippen LogP contribution >= 0.6 is 0 Å². The topological polar surface area (TPSA) is 95.1 Å². The standard InChI is InChI=1S/C14H12FN5O2/c1-20-5-4-11-12(20)13(18-7-17-11)22-8-2-3-10(9(15)6-8)19-14(16)21/h2-7H,1H3,(H3,16,19,21). The van der Waals surface area contributed by atoms with Gasteiger partial charge in [-0.2, -0.15) is 4.98 Å². The van der Waals surface area contributed by atoms with Crippen LogP contribution < -0.4 is 15.8 Å². The van der Waals surface area contributed by atoms with Crippen LogP contribution in [0.1, 0.15) is 0 Å². The number of urea groups is 1. The van der Waals surface area contributed by atoms with Crippen molar-refractivity contribution in [3.8, 4) is 11.6 Å². The van der Waals surface area contributed by atoms with Gasteiger partial charge in [-0.1, -0.05) is 0 Å². The molecule has 8 heteroatoms. The van der Waals surface area contributed by atoms with Crippen LogP contribution in [0.4, 0.5) is 14.9 Å². The predicted molar refractivity (Wildman–Crippen MR) is 78.2 cm³/mol. The van der Waals surface area contributed by atoms with Crippen molar-refractivity contribution in [2.24, 2.45) is 12.8 Å². The number of rotatable bonds is 3. The van der Waals surface area contributed by atoms with Crippen molar-refractivity contribution in [1.29, 1.82) is 0 Å². The molecule has 0 radical (unpaired) electrons. The quantitative estimate of drug-likeness (QED) is 0.776. The number of fused-ring (bicyclic) bond motifs is 1. The van der Waals surface area contributed by atoms with Gasteiger partial charge in [0, 0.05) is 19.3 Å². The lowest BCUT2D eigenvalue weighted by Gasteiger charge is -2.09. The number of primary amides is 1. The zero-order valence-corrected chi connectivity index (χ0v) is 11.6. The molecule has 0 saturated heterocycles. The average molecular weight is 301 g/mol.